The van der Waals surface area contributed by atoms with E-state index in [0.717, 1.165) is 5.56 Å². The second kappa shape index (κ2) is 7.61. The number of carbonyl (C=O) groups is 1. The highest BCUT2D eigenvalue weighted by Crippen LogP contribution is 2.36. The van der Waals surface area contributed by atoms with Crippen molar-refractivity contribution in [1.82, 2.24) is 5.06 Å². The molecule has 0 unspecified atom stereocenters. The molecule has 0 atom stereocenters. The minimum atomic E-state index is -2.03. The van der Waals surface area contributed by atoms with Crippen molar-refractivity contribution in [2.24, 2.45) is 0 Å². The molecule has 0 fully saturated rings. The summed E-state index contributed by atoms with van der Waals surface area (Å²) in [6.45, 7) is 7.88. The Morgan fingerprint density at radius 3 is 2.35 bits per heavy atom. The monoisotopic (exact) mass is 297 g/mol. The maximum absolute atomic E-state index is 11.6. The van der Waals surface area contributed by atoms with Gasteiger partial charge in [0.15, 0.2) is 0 Å². The van der Waals surface area contributed by atoms with E-state index in [1.165, 1.54) is 17.6 Å². The van der Waals surface area contributed by atoms with Crippen LogP contribution in [0.4, 0.5) is 0 Å². The number of hydroxylamine groups is 2. The summed E-state index contributed by atoms with van der Waals surface area (Å²) in [6.07, 6.45) is 1.32. The zero-order valence-electron chi connectivity index (χ0n) is 12.8. The normalized spacial score (nSPS) is 11.4. The van der Waals surface area contributed by atoms with Crippen molar-refractivity contribution in [1.29, 1.82) is 0 Å². The summed E-state index contributed by atoms with van der Waals surface area (Å²) >= 11 is 0. The van der Waals surface area contributed by atoms with E-state index >= 15 is 0 Å². The quantitative estimate of drug-likeness (QED) is 0.573. The molecule has 0 aliphatic rings. The van der Waals surface area contributed by atoms with Crippen LogP contribution in [0, 0.1) is 6.92 Å². The number of hydrogen-bond donors (Lipinski definition) is 0. The predicted molar refractivity (Wildman–Crippen MR) is 82.3 cm³/mol. The highest BCUT2D eigenvalue weighted by atomic mass is 31.2. The lowest BCUT2D eigenvalue weighted by Gasteiger charge is -2.20. The summed E-state index contributed by atoms with van der Waals surface area (Å²) in [5.41, 5.74) is 2.22. The summed E-state index contributed by atoms with van der Waals surface area (Å²) in [6, 6.07) is 8.00. The molecule has 5 heteroatoms. The van der Waals surface area contributed by atoms with Crippen LogP contribution in [-0.4, -0.2) is 37.0 Å². The van der Waals surface area contributed by atoms with E-state index in [2.05, 4.69) is 0 Å². The molecule has 0 N–H and O–H groups in total. The van der Waals surface area contributed by atoms with Gasteiger partial charge < -0.3 is 4.57 Å². The minimum Gasteiger partial charge on any atom is -0.324 e. The SMILES string of the molecule is CC(=O)N(CCCP(C)(C)=O)OCc1ccc(C)cc1. The number of rotatable bonds is 7. The lowest BCUT2D eigenvalue weighted by atomic mass is 10.2. The van der Waals surface area contributed by atoms with Gasteiger partial charge in [0.2, 0.25) is 5.91 Å². The van der Waals surface area contributed by atoms with Gasteiger partial charge in [0.05, 0.1) is 7.14 Å². The van der Waals surface area contributed by atoms with Gasteiger partial charge in [0.1, 0.15) is 6.61 Å². The molecule has 0 saturated heterocycles. The van der Waals surface area contributed by atoms with E-state index in [-0.39, 0.29) is 5.91 Å². The third kappa shape index (κ3) is 6.88. The number of aryl methyl sites for hydroxylation is 1. The molecule has 0 heterocycles. The summed E-state index contributed by atoms with van der Waals surface area (Å²) in [5.74, 6) is -0.126. The second-order valence-corrected chi connectivity index (χ2v) is 9.13. The smallest absolute Gasteiger partial charge is 0.243 e. The van der Waals surface area contributed by atoms with Crippen LogP contribution in [-0.2, 0) is 20.8 Å². The molecule has 1 aromatic rings. The van der Waals surface area contributed by atoms with Crippen LogP contribution in [0.25, 0.3) is 0 Å². The summed E-state index contributed by atoms with van der Waals surface area (Å²) in [7, 11) is -2.03. The fourth-order valence-electron chi connectivity index (χ4n) is 1.74. The molecular weight excluding hydrogens is 273 g/mol. The number of benzene rings is 1. The average Bonchev–Trinajstić information content (AvgIpc) is 2.33. The highest BCUT2D eigenvalue weighted by molar-refractivity contribution is 7.62. The topological polar surface area (TPSA) is 46.6 Å². The Morgan fingerprint density at radius 2 is 1.85 bits per heavy atom. The molecule has 20 heavy (non-hydrogen) atoms. The fraction of sp³-hybridized carbons (Fsp3) is 0.533. The Morgan fingerprint density at radius 1 is 1.25 bits per heavy atom. The van der Waals surface area contributed by atoms with Gasteiger partial charge >= 0.3 is 0 Å². The zero-order chi connectivity index (χ0) is 15.2. The van der Waals surface area contributed by atoms with Crippen LogP contribution < -0.4 is 0 Å². The number of nitrogens with zero attached hydrogens (tertiary/aromatic N) is 1. The van der Waals surface area contributed by atoms with Crippen molar-refractivity contribution in [2.75, 3.05) is 26.0 Å². The Bertz CT molecular complexity index is 478. The number of carbonyl (C=O) groups excluding carboxylic acids is 1. The van der Waals surface area contributed by atoms with E-state index in [0.29, 0.717) is 25.7 Å². The van der Waals surface area contributed by atoms with Crippen LogP contribution in [0.15, 0.2) is 24.3 Å². The van der Waals surface area contributed by atoms with E-state index in [9.17, 15) is 9.36 Å². The van der Waals surface area contributed by atoms with Gasteiger partial charge in [-0.15, -0.1) is 0 Å². The first-order valence-electron chi connectivity index (χ1n) is 6.78. The van der Waals surface area contributed by atoms with Crippen LogP contribution in [0.2, 0.25) is 0 Å². The maximum Gasteiger partial charge on any atom is 0.243 e. The lowest BCUT2D eigenvalue weighted by molar-refractivity contribution is -0.189. The van der Waals surface area contributed by atoms with Gasteiger partial charge in [-0.1, -0.05) is 29.8 Å². The molecule has 0 aliphatic carbocycles. The molecule has 4 nitrogen and oxygen atoms in total. The number of hydrogen-bond acceptors (Lipinski definition) is 3. The Hall–Kier alpha value is -1.12. The van der Waals surface area contributed by atoms with E-state index in [4.69, 9.17) is 4.84 Å². The van der Waals surface area contributed by atoms with Crippen LogP contribution in [0.5, 0.6) is 0 Å². The first-order valence-corrected chi connectivity index (χ1v) is 9.57. The van der Waals surface area contributed by atoms with E-state index in [1.807, 2.05) is 31.2 Å². The van der Waals surface area contributed by atoms with E-state index in [1.54, 1.807) is 13.3 Å². The Balaban J connectivity index is 2.45. The van der Waals surface area contributed by atoms with Gasteiger partial charge in [0.25, 0.3) is 0 Å². The molecule has 1 rings (SSSR count). The first kappa shape index (κ1) is 16.9. The molecule has 0 spiro atoms. The predicted octanol–water partition coefficient (Wildman–Crippen LogP) is 3.29. The van der Waals surface area contributed by atoms with Crippen molar-refractivity contribution >= 4 is 13.0 Å². The first-order chi connectivity index (χ1) is 9.28. The Labute approximate surface area is 121 Å². The van der Waals surface area contributed by atoms with E-state index < -0.39 is 7.14 Å². The molecule has 0 bridgehead atoms. The molecule has 1 aromatic carbocycles. The van der Waals surface area contributed by atoms with Gasteiger partial charge in [-0.25, -0.2) is 5.06 Å². The van der Waals surface area contributed by atoms with Crippen LogP contribution >= 0.6 is 7.14 Å². The molecule has 1 amide bonds. The third-order valence-corrected chi connectivity index (χ3v) is 4.31. The van der Waals surface area contributed by atoms with Gasteiger partial charge in [-0.3, -0.25) is 9.63 Å². The molecule has 0 aromatic heterocycles. The second-order valence-electron chi connectivity index (χ2n) is 5.53. The summed E-state index contributed by atoms with van der Waals surface area (Å²) in [4.78, 5) is 17.0. The van der Waals surface area contributed by atoms with Crippen LogP contribution in [0.3, 0.4) is 0 Å². The largest absolute Gasteiger partial charge is 0.324 e. The molecule has 0 radical (unpaired) electrons. The van der Waals surface area contributed by atoms with Crippen molar-refractivity contribution in [2.45, 2.75) is 26.9 Å². The molecule has 0 aliphatic heterocycles. The van der Waals surface area contributed by atoms with Crippen molar-refractivity contribution < 1.29 is 14.2 Å². The summed E-state index contributed by atoms with van der Waals surface area (Å²) < 4.78 is 11.6. The van der Waals surface area contributed by atoms with Crippen LogP contribution in [0.1, 0.15) is 24.5 Å². The highest BCUT2D eigenvalue weighted by Gasteiger charge is 2.12. The fourth-order valence-corrected chi connectivity index (χ4v) is 2.65. The summed E-state index contributed by atoms with van der Waals surface area (Å²) in [5, 5.41) is 1.36. The average molecular weight is 297 g/mol. The van der Waals surface area contributed by atoms with Crippen molar-refractivity contribution in [3.8, 4) is 0 Å². The molecule has 0 saturated carbocycles. The minimum absolute atomic E-state index is 0.126. The maximum atomic E-state index is 11.6. The van der Waals surface area contributed by atoms with Gasteiger partial charge in [0, 0.05) is 19.6 Å². The zero-order valence-corrected chi connectivity index (χ0v) is 13.7. The number of amides is 1. The standard InChI is InChI=1S/C15H24NO3P/c1-13-6-8-15(9-7-13)12-19-16(14(2)17)10-5-11-20(3,4)18/h6-9H,5,10-12H2,1-4H3. The molecule has 112 valence electrons. The molecular formula is C15H24NO3P. The lowest BCUT2D eigenvalue weighted by Crippen LogP contribution is -2.30. The third-order valence-electron chi connectivity index (χ3n) is 2.92. The van der Waals surface area contributed by atoms with Crippen molar-refractivity contribution in [3.05, 3.63) is 35.4 Å². The van der Waals surface area contributed by atoms with Gasteiger partial charge in [-0.2, -0.15) is 0 Å². The van der Waals surface area contributed by atoms with Gasteiger partial charge in [-0.05, 0) is 32.2 Å². The Kier molecular flexibility index (Phi) is 6.44. The van der Waals surface area contributed by atoms with Crippen molar-refractivity contribution in [3.63, 3.8) is 0 Å².